The van der Waals surface area contributed by atoms with E-state index in [1.807, 2.05) is 6.92 Å². The van der Waals surface area contributed by atoms with Crippen LogP contribution in [-0.2, 0) is 75.2 Å². The van der Waals surface area contributed by atoms with E-state index >= 15 is 0 Å². The predicted molar refractivity (Wildman–Crippen MR) is 351 cm³/mol. The second kappa shape index (κ2) is 40.8. The summed E-state index contributed by atoms with van der Waals surface area (Å²) in [5.74, 6) is -11.0. The molecular formula is C64H99N17O14. The van der Waals surface area contributed by atoms with Crippen LogP contribution >= 0.6 is 0 Å². The van der Waals surface area contributed by atoms with E-state index in [1.54, 1.807) is 74.5 Å². The molecule has 2 heterocycles. The molecule has 0 aromatic heterocycles. The molecule has 2 aromatic rings. The van der Waals surface area contributed by atoms with Crippen molar-refractivity contribution in [2.24, 2.45) is 45.3 Å². The van der Waals surface area contributed by atoms with Gasteiger partial charge in [-0.2, -0.15) is 0 Å². The molecule has 0 spiro atoms. The van der Waals surface area contributed by atoms with Crippen LogP contribution in [0.15, 0.2) is 65.7 Å². The predicted octanol–water partition coefficient (Wildman–Crippen LogP) is -2.67. The van der Waals surface area contributed by atoms with Crippen molar-refractivity contribution >= 4 is 82.8 Å². The number of hydrogen-bond donors (Lipinski definition) is 15. The van der Waals surface area contributed by atoms with Gasteiger partial charge in [0.1, 0.15) is 54.4 Å². The highest BCUT2D eigenvalue weighted by molar-refractivity contribution is 5.99. The number of aliphatic imine (C=N–C) groups is 1. The van der Waals surface area contributed by atoms with Crippen molar-refractivity contribution < 1.29 is 67.4 Å². The van der Waals surface area contributed by atoms with Crippen molar-refractivity contribution in [3.05, 3.63) is 71.8 Å². The van der Waals surface area contributed by atoms with Gasteiger partial charge in [0.25, 0.3) is 0 Å². The number of guanidine groups is 1. The Balaban J connectivity index is 1.56. The fourth-order valence-electron chi connectivity index (χ4n) is 11.2. The SMILES string of the molecule is CCCC[C@H](NC(=O)[C@H](CC(C)C)NC(=O)CNC(=O)[C@H](Cc1ccccc1)NC(=O)[C@H](Cc1ccccc1)NC(=O)[C@H](CCC(N)=O)NC(=O)[C@H](CCC(N)=O)NC(=O)[C@@H]1CCCN1C(=O)[C@H](CCCCN)NC(=O)[C@@H]1CCCN1C(=O)[C@@H](N)CCCN=C(N)N)C(=O)O. The minimum Gasteiger partial charge on any atom is -0.480 e. The summed E-state index contributed by atoms with van der Waals surface area (Å²) in [6.45, 7) is 5.67. The Labute approximate surface area is 553 Å². The molecule has 4 rings (SSSR count). The number of carboxylic acids is 1. The van der Waals surface area contributed by atoms with Gasteiger partial charge in [0.15, 0.2) is 5.96 Å². The van der Waals surface area contributed by atoms with Crippen LogP contribution in [0.4, 0.5) is 0 Å². The monoisotopic (exact) mass is 1330 g/mol. The fraction of sp³-hybridized carbons (Fsp3) is 0.594. The first-order valence-corrected chi connectivity index (χ1v) is 32.6. The standard InChI is InChI=1S/C64H99N17O14/c1-4-5-22-45(63(94)95)77-57(88)46(34-38(2)3)73-53(84)37-72-54(85)47(35-39-17-8-6-9-18-39)78-58(89)48(36-40-19-10-7-11-20-40)79-56(87)42(26-28-51(67)82)74-55(86)43(27-29-52(68)83)75-59(90)50-25-16-33-81(50)62(93)44(23-12-13-30-65)76-60(91)49-24-15-32-80(49)61(92)41(66)21-14-31-71-64(69)70/h6-11,17-20,38,41-50H,4-5,12-16,21-37,65-66H2,1-3H3,(H2,67,82)(H2,68,83)(H,72,85)(H,73,84)(H,74,86)(H,75,90)(H,76,91)(H,77,88)(H,78,89)(H,79,87)(H,94,95)(H4,69,70,71)/t41-,42-,43-,44-,45-,46-,47-,48-,49-,50-/m0/s1. The summed E-state index contributed by atoms with van der Waals surface area (Å²) in [6.07, 6.45) is 2.33. The number of amides is 12. The van der Waals surface area contributed by atoms with E-state index < -0.39 is 170 Å². The first-order valence-electron chi connectivity index (χ1n) is 32.6. The molecule has 0 unspecified atom stereocenters. The van der Waals surface area contributed by atoms with Crippen LogP contribution in [0, 0.1) is 5.92 Å². The Hall–Kier alpha value is -9.26. The van der Waals surface area contributed by atoms with Gasteiger partial charge in [-0.3, -0.25) is 62.5 Å². The van der Waals surface area contributed by atoms with Gasteiger partial charge in [0.2, 0.25) is 70.9 Å². The van der Waals surface area contributed by atoms with Gasteiger partial charge >= 0.3 is 5.97 Å². The number of likely N-dealkylation sites (tertiary alicyclic amines) is 2. The highest BCUT2D eigenvalue weighted by Crippen LogP contribution is 2.24. The van der Waals surface area contributed by atoms with Crippen molar-refractivity contribution in [3.8, 4) is 0 Å². The first kappa shape index (κ1) is 78.2. The number of nitrogens with zero attached hydrogens (tertiary/aromatic N) is 3. The fourth-order valence-corrected chi connectivity index (χ4v) is 11.2. The van der Waals surface area contributed by atoms with Crippen LogP contribution in [0.1, 0.15) is 141 Å². The number of carbonyl (C=O) groups excluding carboxylic acids is 12. The maximum Gasteiger partial charge on any atom is 0.326 e. The van der Waals surface area contributed by atoms with E-state index in [0.29, 0.717) is 62.5 Å². The zero-order valence-electron chi connectivity index (χ0n) is 54.7. The molecule has 31 heteroatoms. The number of primary amides is 2. The number of carboxylic acid groups (broad SMARTS) is 1. The van der Waals surface area contributed by atoms with Gasteiger partial charge in [0.05, 0.1) is 12.6 Å². The lowest BCUT2D eigenvalue weighted by molar-refractivity contribution is -0.144. The molecule has 0 aliphatic carbocycles. The van der Waals surface area contributed by atoms with E-state index in [1.165, 1.54) is 9.80 Å². The number of nitrogens with two attached hydrogens (primary N) is 6. The molecule has 2 aliphatic heterocycles. The van der Waals surface area contributed by atoms with Crippen LogP contribution < -0.4 is 76.9 Å². The lowest BCUT2D eigenvalue weighted by Gasteiger charge is -2.32. The zero-order chi connectivity index (χ0) is 70.1. The molecule has 12 amide bonds. The average molecular weight is 1330 g/mol. The highest BCUT2D eigenvalue weighted by Gasteiger charge is 2.42. The molecule has 0 bridgehead atoms. The molecule has 2 aromatic carbocycles. The van der Waals surface area contributed by atoms with Crippen LogP contribution in [0.2, 0.25) is 0 Å². The molecule has 21 N–H and O–H groups in total. The van der Waals surface area contributed by atoms with E-state index in [0.717, 1.165) is 0 Å². The Morgan fingerprint density at radius 2 is 1.00 bits per heavy atom. The van der Waals surface area contributed by atoms with Gasteiger partial charge in [-0.1, -0.05) is 94.3 Å². The van der Waals surface area contributed by atoms with E-state index in [-0.39, 0.29) is 83.0 Å². The smallest absolute Gasteiger partial charge is 0.326 e. The minimum atomic E-state index is -1.65. The summed E-state index contributed by atoms with van der Waals surface area (Å²) in [5, 5.41) is 30.7. The quantitative estimate of drug-likeness (QED) is 0.0183. The molecule has 31 nitrogen and oxygen atoms in total. The second-order valence-electron chi connectivity index (χ2n) is 24.4. The molecule has 10 atom stereocenters. The molecule has 2 saturated heterocycles. The highest BCUT2D eigenvalue weighted by atomic mass is 16.4. The molecule has 2 aliphatic rings. The largest absolute Gasteiger partial charge is 0.480 e. The number of unbranched alkanes of at least 4 members (excludes halogenated alkanes) is 2. The summed E-state index contributed by atoms with van der Waals surface area (Å²) in [4.78, 5) is 184. The summed E-state index contributed by atoms with van der Waals surface area (Å²) in [5.41, 5.74) is 35.1. The van der Waals surface area contributed by atoms with E-state index in [4.69, 9.17) is 34.4 Å². The minimum absolute atomic E-state index is 0.0711. The van der Waals surface area contributed by atoms with Gasteiger partial charge in [0, 0.05) is 45.3 Å². The third-order valence-electron chi connectivity index (χ3n) is 16.2. The van der Waals surface area contributed by atoms with Crippen molar-refractivity contribution in [2.45, 2.75) is 203 Å². The number of benzene rings is 2. The van der Waals surface area contributed by atoms with Crippen molar-refractivity contribution in [1.29, 1.82) is 0 Å². The van der Waals surface area contributed by atoms with E-state index in [9.17, 15) is 67.4 Å². The second-order valence-corrected chi connectivity index (χ2v) is 24.4. The summed E-state index contributed by atoms with van der Waals surface area (Å²) >= 11 is 0. The number of nitrogens with one attached hydrogen (secondary N) is 8. The van der Waals surface area contributed by atoms with Crippen LogP contribution in [0.5, 0.6) is 0 Å². The lowest BCUT2D eigenvalue weighted by atomic mass is 10.0. The van der Waals surface area contributed by atoms with Gasteiger partial charge in [-0.15, -0.1) is 0 Å². The maximum atomic E-state index is 14.7. The van der Waals surface area contributed by atoms with Crippen molar-refractivity contribution in [1.82, 2.24) is 52.3 Å². The Kier molecular flexibility index (Phi) is 33.5. The first-order chi connectivity index (χ1) is 45.2. The zero-order valence-corrected chi connectivity index (χ0v) is 54.7. The van der Waals surface area contributed by atoms with Crippen LogP contribution in [-0.4, -0.2) is 191 Å². The number of hydrogen-bond acceptors (Lipinski definition) is 16. The molecule has 524 valence electrons. The number of carbonyl (C=O) groups is 13. The molecule has 0 radical (unpaired) electrons. The van der Waals surface area contributed by atoms with Crippen molar-refractivity contribution in [3.63, 3.8) is 0 Å². The summed E-state index contributed by atoms with van der Waals surface area (Å²) in [7, 11) is 0. The Morgan fingerprint density at radius 1 is 0.537 bits per heavy atom. The number of rotatable bonds is 42. The summed E-state index contributed by atoms with van der Waals surface area (Å²) < 4.78 is 0. The van der Waals surface area contributed by atoms with Crippen LogP contribution in [0.25, 0.3) is 0 Å². The third kappa shape index (κ3) is 27.3. The topological polar surface area (TPSA) is 513 Å². The lowest BCUT2D eigenvalue weighted by Crippen LogP contribution is -2.60. The Bertz CT molecular complexity index is 2950. The van der Waals surface area contributed by atoms with Crippen LogP contribution in [0.3, 0.4) is 0 Å². The van der Waals surface area contributed by atoms with Gasteiger partial charge in [-0.25, -0.2) is 4.79 Å². The average Bonchev–Trinajstić information content (AvgIpc) is 1.74. The van der Waals surface area contributed by atoms with Gasteiger partial charge < -0.3 is 91.8 Å². The third-order valence-corrected chi connectivity index (χ3v) is 16.2. The molecule has 2 fully saturated rings. The molecule has 95 heavy (non-hydrogen) atoms. The summed E-state index contributed by atoms with van der Waals surface area (Å²) in [6, 6.07) is 4.16. The number of aliphatic carboxylic acids is 1. The Morgan fingerprint density at radius 3 is 1.49 bits per heavy atom. The van der Waals surface area contributed by atoms with Crippen molar-refractivity contribution in [2.75, 3.05) is 32.7 Å². The molecular weight excluding hydrogens is 1230 g/mol. The molecule has 0 saturated carbocycles. The van der Waals surface area contributed by atoms with Gasteiger partial charge in [-0.05, 0) is 107 Å². The maximum absolute atomic E-state index is 14.7. The van der Waals surface area contributed by atoms with E-state index in [2.05, 4.69) is 47.5 Å². The normalized spacial score (nSPS) is 16.8.